The summed E-state index contributed by atoms with van der Waals surface area (Å²) in [4.78, 5) is 18.5. The molecule has 1 heterocycles. The van der Waals surface area contributed by atoms with E-state index in [1.807, 2.05) is 78.9 Å². The van der Waals surface area contributed by atoms with Crippen molar-refractivity contribution in [3.05, 3.63) is 96.2 Å². The number of hydrogen-bond acceptors (Lipinski definition) is 2. The van der Waals surface area contributed by atoms with Gasteiger partial charge in [0, 0.05) is 17.1 Å². The van der Waals surface area contributed by atoms with Gasteiger partial charge >= 0.3 is 0 Å². The first kappa shape index (κ1) is 26.4. The maximum absolute atomic E-state index is 14.0. The van der Waals surface area contributed by atoms with E-state index in [-0.39, 0.29) is 5.91 Å². The summed E-state index contributed by atoms with van der Waals surface area (Å²) in [5, 5.41) is 4.14. The second-order valence-corrected chi connectivity index (χ2v) is 16.2. The molecule has 1 amide bonds. The zero-order valence-corrected chi connectivity index (χ0v) is 23.7. The van der Waals surface area contributed by atoms with Gasteiger partial charge in [0.15, 0.2) is 0 Å². The highest BCUT2D eigenvalue weighted by atomic mass is 28.3. The second-order valence-electron chi connectivity index (χ2n) is 10.6. The van der Waals surface area contributed by atoms with Crippen LogP contribution in [0.5, 0.6) is 0 Å². The van der Waals surface area contributed by atoms with E-state index >= 15 is 0 Å². The van der Waals surface area contributed by atoms with E-state index < -0.39 is 8.07 Å². The molecule has 37 heavy (non-hydrogen) atoms. The molecular weight excluding hydrogens is 468 g/mol. The molecule has 0 radical (unpaired) electrons. The fourth-order valence-electron chi connectivity index (χ4n) is 5.76. The van der Waals surface area contributed by atoms with Crippen LogP contribution in [0, 0.1) is 11.5 Å². The highest BCUT2D eigenvalue weighted by molar-refractivity contribution is 6.90. The van der Waals surface area contributed by atoms with E-state index in [1.54, 1.807) is 6.20 Å². The average molecular weight is 505 g/mol. The van der Waals surface area contributed by atoms with Crippen LogP contribution >= 0.6 is 0 Å². The Balaban J connectivity index is 1.89. The summed E-state index contributed by atoms with van der Waals surface area (Å²) in [7, 11) is -1.98. The first-order valence-electron chi connectivity index (χ1n) is 13.1. The Bertz CT molecular complexity index is 1440. The first-order chi connectivity index (χ1) is 17.8. The number of anilines is 1. The van der Waals surface area contributed by atoms with Crippen LogP contribution in [0.25, 0.3) is 22.0 Å². The van der Waals surface area contributed by atoms with Gasteiger partial charge in [0.2, 0.25) is 0 Å². The van der Waals surface area contributed by atoms with Crippen molar-refractivity contribution in [3.63, 3.8) is 0 Å². The standard InChI is InChI=1S/C33H36N2OSi/c1-23(2)37(24(3)4,25(5)6)22-20-27-15-10-18-29(26-13-8-7-9-14-26)31(27)33(36)35-30-19-11-16-28-17-12-21-34-32(28)30/h7-19,21,23-25H,1-6H3,(H,35,36). The number of nitrogens with zero attached hydrogens (tertiary/aromatic N) is 1. The molecule has 4 aromatic rings. The number of carbonyl (C=O) groups excluding carboxylic acids is 1. The highest BCUT2D eigenvalue weighted by Crippen LogP contribution is 2.41. The molecule has 3 aromatic carbocycles. The Morgan fingerprint density at radius 2 is 1.43 bits per heavy atom. The molecule has 4 rings (SSSR count). The van der Waals surface area contributed by atoms with Gasteiger partial charge in [0.1, 0.15) is 8.07 Å². The van der Waals surface area contributed by atoms with Crippen LogP contribution in [0.3, 0.4) is 0 Å². The van der Waals surface area contributed by atoms with Crippen LogP contribution < -0.4 is 5.32 Å². The van der Waals surface area contributed by atoms with Gasteiger partial charge < -0.3 is 5.32 Å². The summed E-state index contributed by atoms with van der Waals surface area (Å²) < 4.78 is 0. The van der Waals surface area contributed by atoms with Crippen molar-refractivity contribution in [3.8, 4) is 22.6 Å². The average Bonchev–Trinajstić information content (AvgIpc) is 2.89. The van der Waals surface area contributed by atoms with Crippen molar-refractivity contribution in [1.82, 2.24) is 4.98 Å². The van der Waals surface area contributed by atoms with Crippen molar-refractivity contribution in [1.29, 1.82) is 0 Å². The van der Waals surface area contributed by atoms with Crippen LogP contribution in [-0.2, 0) is 0 Å². The molecule has 1 aromatic heterocycles. The third kappa shape index (κ3) is 5.24. The van der Waals surface area contributed by atoms with Gasteiger partial charge in [-0.15, -0.1) is 5.54 Å². The second kappa shape index (κ2) is 11.1. The monoisotopic (exact) mass is 504 g/mol. The maximum Gasteiger partial charge on any atom is 0.257 e. The van der Waals surface area contributed by atoms with E-state index in [4.69, 9.17) is 0 Å². The smallest absolute Gasteiger partial charge is 0.257 e. The van der Waals surface area contributed by atoms with Crippen LogP contribution in [0.2, 0.25) is 16.6 Å². The summed E-state index contributed by atoms with van der Waals surface area (Å²) >= 11 is 0. The van der Waals surface area contributed by atoms with E-state index in [9.17, 15) is 4.79 Å². The topological polar surface area (TPSA) is 42.0 Å². The fourth-order valence-corrected chi connectivity index (χ4v) is 11.0. The Kier molecular flexibility index (Phi) is 7.95. The molecule has 0 saturated carbocycles. The van der Waals surface area contributed by atoms with Gasteiger partial charge in [-0.05, 0) is 45.9 Å². The Hall–Kier alpha value is -3.68. The van der Waals surface area contributed by atoms with Gasteiger partial charge in [-0.3, -0.25) is 9.78 Å². The molecule has 0 atom stereocenters. The summed E-state index contributed by atoms with van der Waals surface area (Å²) in [6.45, 7) is 13.8. The first-order valence-corrected chi connectivity index (χ1v) is 15.4. The minimum Gasteiger partial charge on any atom is -0.320 e. The van der Waals surface area contributed by atoms with Crippen molar-refractivity contribution in [2.24, 2.45) is 0 Å². The predicted molar refractivity (Wildman–Crippen MR) is 160 cm³/mol. The van der Waals surface area contributed by atoms with Gasteiger partial charge in [-0.1, -0.05) is 108 Å². The van der Waals surface area contributed by atoms with Crippen molar-refractivity contribution in [2.75, 3.05) is 5.32 Å². The van der Waals surface area contributed by atoms with Crippen LogP contribution in [-0.4, -0.2) is 19.0 Å². The number of para-hydroxylation sites is 1. The lowest BCUT2D eigenvalue weighted by atomic mass is 9.95. The number of nitrogens with one attached hydrogen (secondary N) is 1. The van der Waals surface area contributed by atoms with Crippen molar-refractivity contribution < 1.29 is 4.79 Å². The highest BCUT2D eigenvalue weighted by Gasteiger charge is 2.41. The van der Waals surface area contributed by atoms with E-state index in [2.05, 4.69) is 63.3 Å². The molecule has 0 aliphatic carbocycles. The molecule has 0 unspecified atom stereocenters. The molecule has 0 bridgehead atoms. The molecule has 188 valence electrons. The van der Waals surface area contributed by atoms with Crippen LogP contribution in [0.1, 0.15) is 57.5 Å². The number of pyridine rings is 1. The molecule has 0 aliphatic heterocycles. The fraction of sp³-hybridized carbons (Fsp3) is 0.273. The number of benzene rings is 3. The van der Waals surface area contributed by atoms with E-state index in [0.717, 1.165) is 27.6 Å². The predicted octanol–water partition coefficient (Wildman–Crippen LogP) is 8.72. The summed E-state index contributed by atoms with van der Waals surface area (Å²) in [6, 6.07) is 25.8. The van der Waals surface area contributed by atoms with E-state index in [0.29, 0.717) is 27.9 Å². The van der Waals surface area contributed by atoms with Gasteiger partial charge in [-0.25, -0.2) is 0 Å². The van der Waals surface area contributed by atoms with Crippen LogP contribution in [0.15, 0.2) is 85.1 Å². The summed E-state index contributed by atoms with van der Waals surface area (Å²) in [6.07, 6.45) is 1.75. The molecular formula is C33H36N2OSi. The largest absolute Gasteiger partial charge is 0.320 e. The third-order valence-electron chi connectivity index (χ3n) is 7.54. The number of amides is 1. The molecule has 1 N–H and O–H groups in total. The quantitative estimate of drug-likeness (QED) is 0.211. The minimum absolute atomic E-state index is 0.173. The zero-order chi connectivity index (χ0) is 26.6. The Labute approximate surface area is 222 Å². The molecule has 0 aliphatic rings. The lowest BCUT2D eigenvalue weighted by molar-refractivity contribution is 0.102. The number of aromatic nitrogens is 1. The molecule has 3 nitrogen and oxygen atoms in total. The van der Waals surface area contributed by atoms with Gasteiger partial charge in [0.25, 0.3) is 5.91 Å². The van der Waals surface area contributed by atoms with Crippen molar-refractivity contribution >= 4 is 30.6 Å². The third-order valence-corrected chi connectivity index (χ3v) is 13.8. The summed E-state index contributed by atoms with van der Waals surface area (Å²) in [5.41, 5.74) is 10.1. The van der Waals surface area contributed by atoms with Crippen LogP contribution in [0.4, 0.5) is 5.69 Å². The lowest BCUT2D eigenvalue weighted by Gasteiger charge is -2.38. The normalized spacial score (nSPS) is 11.6. The molecule has 0 fully saturated rings. The van der Waals surface area contributed by atoms with Gasteiger partial charge in [-0.2, -0.15) is 0 Å². The van der Waals surface area contributed by atoms with E-state index in [1.165, 1.54) is 0 Å². The maximum atomic E-state index is 14.0. The molecule has 0 spiro atoms. The van der Waals surface area contributed by atoms with Crippen molar-refractivity contribution in [2.45, 2.75) is 58.2 Å². The number of fused-ring (bicyclic) bond motifs is 1. The minimum atomic E-state index is -1.98. The lowest BCUT2D eigenvalue weighted by Crippen LogP contribution is -2.43. The summed E-state index contributed by atoms with van der Waals surface area (Å²) in [5.74, 6) is 3.37. The SMILES string of the molecule is CC(C)[Si](C#Cc1cccc(-c2ccccc2)c1C(=O)Nc1cccc2cccnc12)(C(C)C)C(C)C. The number of carbonyl (C=O) groups is 1. The molecule has 0 saturated heterocycles. The number of rotatable bonds is 6. The van der Waals surface area contributed by atoms with Gasteiger partial charge in [0.05, 0.1) is 16.8 Å². The number of hydrogen-bond donors (Lipinski definition) is 1. The zero-order valence-electron chi connectivity index (χ0n) is 22.7. The molecule has 4 heteroatoms. The Morgan fingerprint density at radius 1 is 0.784 bits per heavy atom. The Morgan fingerprint density at radius 3 is 2.11 bits per heavy atom.